The van der Waals surface area contributed by atoms with Crippen LogP contribution in [-0.4, -0.2) is 53.1 Å². The van der Waals surface area contributed by atoms with Crippen molar-refractivity contribution in [3.63, 3.8) is 0 Å². The predicted molar refractivity (Wildman–Crippen MR) is 81.8 cm³/mol. The fraction of sp³-hybridized carbons (Fsp3) is 0.588. The molecule has 4 heteroatoms. The second-order valence-corrected chi connectivity index (χ2v) is 6.40. The van der Waals surface area contributed by atoms with Crippen molar-refractivity contribution in [3.8, 4) is 0 Å². The second kappa shape index (κ2) is 6.16. The van der Waals surface area contributed by atoms with Gasteiger partial charge < -0.3 is 10.0 Å². The smallest absolute Gasteiger partial charge is 0.237 e. The summed E-state index contributed by atoms with van der Waals surface area (Å²) in [5.41, 5.74) is 2.65. The fourth-order valence-electron chi connectivity index (χ4n) is 3.36. The average Bonchev–Trinajstić information content (AvgIpc) is 2.50. The van der Waals surface area contributed by atoms with Crippen LogP contribution in [-0.2, 0) is 17.8 Å². The molecule has 0 aliphatic carbocycles. The molecule has 1 amide bonds. The van der Waals surface area contributed by atoms with Crippen LogP contribution in [0.3, 0.4) is 0 Å². The molecule has 2 aliphatic rings. The largest absolute Gasteiger partial charge is 0.393 e. The Labute approximate surface area is 126 Å². The third-order valence-corrected chi connectivity index (χ3v) is 4.79. The van der Waals surface area contributed by atoms with Crippen LogP contribution in [0, 0.1) is 5.92 Å². The Bertz CT molecular complexity index is 517. The number of nitrogens with zero attached hydrogens (tertiary/aromatic N) is 2. The molecule has 0 bridgehead atoms. The molecule has 4 nitrogen and oxygen atoms in total. The van der Waals surface area contributed by atoms with Crippen LogP contribution in [0.25, 0.3) is 0 Å². The Morgan fingerprint density at radius 3 is 2.81 bits per heavy atom. The summed E-state index contributed by atoms with van der Waals surface area (Å²) in [5, 5.41) is 9.77. The zero-order valence-corrected chi connectivity index (χ0v) is 12.7. The van der Waals surface area contributed by atoms with Crippen LogP contribution in [0.15, 0.2) is 24.3 Å². The molecule has 114 valence electrons. The standard InChI is InChI=1S/C17H24N2O2/c1-13-10-18(8-7-16(13)20)12-17(21)19-9-6-14-4-2-3-5-15(14)11-19/h2-5,13,16,20H,6-12H2,1H3. The lowest BCUT2D eigenvalue weighted by Gasteiger charge is -2.36. The maximum Gasteiger partial charge on any atom is 0.237 e. The molecule has 3 rings (SSSR count). The Kier molecular flexibility index (Phi) is 4.27. The van der Waals surface area contributed by atoms with Gasteiger partial charge in [-0.3, -0.25) is 9.69 Å². The molecule has 0 radical (unpaired) electrons. The quantitative estimate of drug-likeness (QED) is 0.891. The number of amides is 1. The first-order chi connectivity index (χ1) is 10.1. The van der Waals surface area contributed by atoms with Gasteiger partial charge in [0.15, 0.2) is 0 Å². The van der Waals surface area contributed by atoms with Crippen molar-refractivity contribution in [3.05, 3.63) is 35.4 Å². The number of rotatable bonds is 2. The van der Waals surface area contributed by atoms with Crippen molar-refractivity contribution in [1.82, 2.24) is 9.80 Å². The molecule has 1 N–H and O–H groups in total. The maximum atomic E-state index is 12.5. The van der Waals surface area contributed by atoms with Gasteiger partial charge in [0.25, 0.3) is 0 Å². The molecule has 2 atom stereocenters. The minimum atomic E-state index is -0.210. The Balaban J connectivity index is 1.57. The SMILES string of the molecule is CC1CN(CC(=O)N2CCc3ccccc3C2)CCC1O. The minimum Gasteiger partial charge on any atom is -0.393 e. The molecular formula is C17H24N2O2. The lowest BCUT2D eigenvalue weighted by Crippen LogP contribution is -2.48. The van der Waals surface area contributed by atoms with Gasteiger partial charge in [-0.2, -0.15) is 0 Å². The number of hydrogen-bond donors (Lipinski definition) is 1. The number of aliphatic hydroxyl groups excluding tert-OH is 1. The molecule has 21 heavy (non-hydrogen) atoms. The lowest BCUT2D eigenvalue weighted by molar-refractivity contribution is -0.134. The van der Waals surface area contributed by atoms with Crippen LogP contribution >= 0.6 is 0 Å². The monoisotopic (exact) mass is 288 g/mol. The summed E-state index contributed by atoms with van der Waals surface area (Å²) in [6, 6.07) is 8.39. The van der Waals surface area contributed by atoms with Gasteiger partial charge in [-0.1, -0.05) is 31.2 Å². The van der Waals surface area contributed by atoms with E-state index in [1.54, 1.807) is 0 Å². The van der Waals surface area contributed by atoms with E-state index < -0.39 is 0 Å². The molecule has 2 unspecified atom stereocenters. The summed E-state index contributed by atoms with van der Waals surface area (Å²) in [6.45, 7) is 5.74. The zero-order chi connectivity index (χ0) is 14.8. The van der Waals surface area contributed by atoms with E-state index in [0.29, 0.717) is 6.54 Å². The van der Waals surface area contributed by atoms with Crippen molar-refractivity contribution in [2.75, 3.05) is 26.2 Å². The summed E-state index contributed by atoms with van der Waals surface area (Å²) in [6.07, 6.45) is 1.52. The summed E-state index contributed by atoms with van der Waals surface area (Å²) in [7, 11) is 0. The molecule has 0 saturated carbocycles. The van der Waals surface area contributed by atoms with Crippen molar-refractivity contribution in [2.45, 2.75) is 32.4 Å². The highest BCUT2D eigenvalue weighted by atomic mass is 16.3. The third-order valence-electron chi connectivity index (χ3n) is 4.79. The maximum absolute atomic E-state index is 12.5. The number of hydrogen-bond acceptors (Lipinski definition) is 3. The highest BCUT2D eigenvalue weighted by Crippen LogP contribution is 2.20. The van der Waals surface area contributed by atoms with Crippen molar-refractivity contribution >= 4 is 5.91 Å². The van der Waals surface area contributed by atoms with Crippen LogP contribution in [0.5, 0.6) is 0 Å². The minimum absolute atomic E-state index is 0.210. The third kappa shape index (κ3) is 3.27. The van der Waals surface area contributed by atoms with Gasteiger partial charge in [0.1, 0.15) is 0 Å². The average molecular weight is 288 g/mol. The molecule has 2 heterocycles. The van der Waals surface area contributed by atoms with Crippen LogP contribution in [0.1, 0.15) is 24.5 Å². The second-order valence-electron chi connectivity index (χ2n) is 6.40. The number of likely N-dealkylation sites (tertiary alicyclic amines) is 1. The molecule has 0 spiro atoms. The molecular weight excluding hydrogens is 264 g/mol. The topological polar surface area (TPSA) is 43.8 Å². The molecule has 2 aliphatic heterocycles. The van der Waals surface area contributed by atoms with Gasteiger partial charge >= 0.3 is 0 Å². The number of benzene rings is 1. The van der Waals surface area contributed by atoms with Crippen LogP contribution in [0.2, 0.25) is 0 Å². The van der Waals surface area contributed by atoms with Gasteiger partial charge in [-0.15, -0.1) is 0 Å². The molecule has 1 aromatic carbocycles. The first-order valence-corrected chi connectivity index (χ1v) is 7.88. The fourth-order valence-corrected chi connectivity index (χ4v) is 3.36. The van der Waals surface area contributed by atoms with E-state index in [4.69, 9.17) is 0 Å². The zero-order valence-electron chi connectivity index (χ0n) is 12.7. The van der Waals surface area contributed by atoms with Crippen LogP contribution < -0.4 is 0 Å². The first-order valence-electron chi connectivity index (χ1n) is 7.88. The van der Waals surface area contributed by atoms with Gasteiger partial charge in [0.2, 0.25) is 5.91 Å². The first kappa shape index (κ1) is 14.5. The number of fused-ring (bicyclic) bond motifs is 1. The predicted octanol–water partition coefficient (Wildman–Crippen LogP) is 1.27. The van der Waals surface area contributed by atoms with E-state index in [1.807, 2.05) is 11.0 Å². The van der Waals surface area contributed by atoms with Crippen molar-refractivity contribution < 1.29 is 9.90 Å². The Morgan fingerprint density at radius 1 is 1.29 bits per heavy atom. The highest BCUT2D eigenvalue weighted by molar-refractivity contribution is 5.78. The van der Waals surface area contributed by atoms with E-state index in [9.17, 15) is 9.90 Å². The Hall–Kier alpha value is -1.39. The summed E-state index contributed by atoms with van der Waals surface area (Å²) >= 11 is 0. The number of piperidine rings is 1. The number of carbonyl (C=O) groups is 1. The highest BCUT2D eigenvalue weighted by Gasteiger charge is 2.27. The summed E-state index contributed by atoms with van der Waals surface area (Å²) in [5.74, 6) is 0.474. The Morgan fingerprint density at radius 2 is 2.05 bits per heavy atom. The van der Waals surface area contributed by atoms with Crippen molar-refractivity contribution in [1.29, 1.82) is 0 Å². The van der Waals surface area contributed by atoms with Gasteiger partial charge in [-0.05, 0) is 29.9 Å². The van der Waals surface area contributed by atoms with Gasteiger partial charge in [0, 0.05) is 26.2 Å². The van der Waals surface area contributed by atoms with Gasteiger partial charge in [-0.25, -0.2) is 0 Å². The lowest BCUT2D eigenvalue weighted by atomic mass is 9.96. The summed E-state index contributed by atoms with van der Waals surface area (Å²) < 4.78 is 0. The summed E-state index contributed by atoms with van der Waals surface area (Å²) in [4.78, 5) is 16.6. The van der Waals surface area contributed by atoms with Crippen LogP contribution in [0.4, 0.5) is 0 Å². The number of aliphatic hydroxyl groups is 1. The van der Waals surface area contributed by atoms with Gasteiger partial charge in [0.05, 0.1) is 12.6 Å². The van der Waals surface area contributed by atoms with E-state index in [-0.39, 0.29) is 17.9 Å². The molecule has 1 saturated heterocycles. The van der Waals surface area contributed by atoms with E-state index in [1.165, 1.54) is 11.1 Å². The van der Waals surface area contributed by atoms with Crippen molar-refractivity contribution in [2.24, 2.45) is 5.92 Å². The van der Waals surface area contributed by atoms with E-state index >= 15 is 0 Å². The molecule has 1 fully saturated rings. The normalized spacial score (nSPS) is 26.5. The number of carbonyl (C=O) groups excluding carboxylic acids is 1. The van der Waals surface area contributed by atoms with E-state index in [0.717, 1.165) is 39.0 Å². The molecule has 1 aromatic rings. The molecule has 0 aromatic heterocycles. The van der Waals surface area contributed by atoms with E-state index in [2.05, 4.69) is 30.0 Å².